The fraction of sp³-hybridized carbons (Fsp3) is 0. The van der Waals surface area contributed by atoms with Gasteiger partial charge in [0.25, 0.3) is 0 Å². The second-order valence-corrected chi connectivity index (χ2v) is 4.49. The summed E-state index contributed by atoms with van der Waals surface area (Å²) < 4.78 is 0. The van der Waals surface area contributed by atoms with Crippen LogP contribution in [0.4, 0.5) is 0 Å². The lowest BCUT2D eigenvalue weighted by Crippen LogP contribution is -1.63. The van der Waals surface area contributed by atoms with Gasteiger partial charge in [0, 0.05) is 0 Å². The topological polar surface area (TPSA) is 26.0 Å². The molecule has 0 aromatic heterocycles. The van der Waals surface area contributed by atoms with E-state index in [4.69, 9.17) is 5.50 Å². The van der Waals surface area contributed by atoms with Crippen molar-refractivity contribution in [2.75, 3.05) is 0 Å². The van der Waals surface area contributed by atoms with Crippen LogP contribution in [0.5, 0.6) is 0 Å². The Morgan fingerprint density at radius 2 is 1.50 bits per heavy atom. The van der Waals surface area contributed by atoms with Crippen molar-refractivity contribution >= 4 is 31.0 Å². The minimum absolute atomic E-state index is 0.731. The fourth-order valence-corrected chi connectivity index (χ4v) is 0. The molecular weight excluding hydrogens is 109 g/mol. The molecule has 0 aromatic rings. The zero-order valence-corrected chi connectivity index (χ0v) is 4.60. The Bertz CT molecular complexity index is 10.8. The Balaban J connectivity index is 2.32. The SMILES string of the molecule is NP(S)S. The Kier molecular flexibility index (Phi) is 2.97. The van der Waals surface area contributed by atoms with Crippen molar-refractivity contribution in [1.29, 1.82) is 0 Å². The summed E-state index contributed by atoms with van der Waals surface area (Å²) in [5.74, 6) is 0. The molecule has 0 spiro atoms. The first-order valence-corrected chi connectivity index (χ1v) is 4.37. The van der Waals surface area contributed by atoms with Gasteiger partial charge in [0.1, 0.15) is 0 Å². The maximum Gasteiger partial charge on any atom is 0.0755 e. The minimum atomic E-state index is -0.731. The average molecular weight is 113 g/mol. The molecule has 0 fully saturated rings. The molecule has 0 aliphatic heterocycles. The molecule has 0 aliphatic rings. The number of rotatable bonds is 0. The van der Waals surface area contributed by atoms with Gasteiger partial charge in [-0.25, -0.2) is 0 Å². The molecule has 0 atom stereocenters. The highest BCUT2D eigenvalue weighted by atomic mass is 33.1. The fourth-order valence-electron chi connectivity index (χ4n) is 0. The third kappa shape index (κ3) is 11.4. The molecule has 0 amide bonds. The maximum absolute atomic E-state index is 4.90. The molecule has 2 N–H and O–H groups in total. The molecule has 0 heterocycles. The quantitative estimate of drug-likeness (QED) is 0.317. The molecule has 0 saturated heterocycles. The summed E-state index contributed by atoms with van der Waals surface area (Å²) in [6.07, 6.45) is 0. The summed E-state index contributed by atoms with van der Waals surface area (Å²) in [6.45, 7) is -0.731. The normalized spacial score (nSPS) is 9.00. The summed E-state index contributed by atoms with van der Waals surface area (Å²) in [7, 11) is 0. The van der Waals surface area contributed by atoms with E-state index in [1.165, 1.54) is 0 Å². The molecule has 26 valence electrons. The monoisotopic (exact) mass is 113 g/mol. The average Bonchev–Trinajstić information content (AvgIpc) is 0.811. The number of nitrogens with two attached hydrogens (primary N) is 1. The molecule has 0 rings (SSSR count). The summed E-state index contributed by atoms with van der Waals surface area (Å²) >= 11 is 7.35. The molecular formula is H4NPS2. The van der Waals surface area contributed by atoms with Crippen molar-refractivity contribution < 1.29 is 0 Å². The lowest BCUT2D eigenvalue weighted by atomic mass is 13.9. The molecule has 4 heteroatoms. The summed E-state index contributed by atoms with van der Waals surface area (Å²) in [5.41, 5.74) is 4.90. The molecule has 0 unspecified atom stereocenters. The largest absolute Gasteiger partial charge is 0.293 e. The molecule has 0 aliphatic carbocycles. The summed E-state index contributed by atoms with van der Waals surface area (Å²) in [5, 5.41) is 0. The highest BCUT2D eigenvalue weighted by molar-refractivity contribution is 8.77. The number of thiol groups is 2. The lowest BCUT2D eigenvalue weighted by molar-refractivity contribution is 2.04. The van der Waals surface area contributed by atoms with E-state index in [0.717, 1.165) is 0 Å². The van der Waals surface area contributed by atoms with Crippen LogP contribution in [0.1, 0.15) is 0 Å². The van der Waals surface area contributed by atoms with Gasteiger partial charge in [0.15, 0.2) is 0 Å². The first-order valence-electron chi connectivity index (χ1n) is 0.658. The van der Waals surface area contributed by atoms with E-state index >= 15 is 0 Å². The molecule has 0 radical (unpaired) electrons. The van der Waals surface area contributed by atoms with Crippen molar-refractivity contribution in [3.8, 4) is 0 Å². The molecule has 0 bridgehead atoms. The predicted molar refractivity (Wildman–Crippen MR) is 29.1 cm³/mol. The first-order chi connectivity index (χ1) is 1.73. The molecule has 0 saturated carbocycles. The maximum atomic E-state index is 4.90. The number of hydrogen-bond acceptors (Lipinski definition) is 3. The van der Waals surface area contributed by atoms with E-state index in [-0.39, 0.29) is 0 Å². The molecule has 0 aromatic carbocycles. The van der Waals surface area contributed by atoms with Crippen molar-refractivity contribution in [2.45, 2.75) is 0 Å². The van der Waals surface area contributed by atoms with E-state index in [0.29, 0.717) is 0 Å². The van der Waals surface area contributed by atoms with E-state index in [1.54, 1.807) is 0 Å². The van der Waals surface area contributed by atoms with Gasteiger partial charge in [0.05, 0.1) is 6.48 Å². The van der Waals surface area contributed by atoms with Crippen LogP contribution in [0.15, 0.2) is 0 Å². The van der Waals surface area contributed by atoms with Crippen molar-refractivity contribution in [2.24, 2.45) is 5.50 Å². The van der Waals surface area contributed by atoms with E-state index in [1.807, 2.05) is 0 Å². The van der Waals surface area contributed by atoms with Gasteiger partial charge in [-0.15, -0.1) is 24.5 Å². The lowest BCUT2D eigenvalue weighted by Gasteiger charge is -1.79. The smallest absolute Gasteiger partial charge is 0.0755 e. The van der Waals surface area contributed by atoms with Crippen molar-refractivity contribution in [1.82, 2.24) is 0 Å². The predicted octanol–water partition coefficient (Wildman–Crippen LogP) is 1.03. The highest BCUT2D eigenvalue weighted by Gasteiger charge is 1.69. The van der Waals surface area contributed by atoms with Crippen LogP contribution >= 0.6 is 31.0 Å². The van der Waals surface area contributed by atoms with Crippen molar-refractivity contribution in [3.63, 3.8) is 0 Å². The van der Waals surface area contributed by atoms with Crippen LogP contribution in [0.3, 0.4) is 0 Å². The summed E-state index contributed by atoms with van der Waals surface area (Å²) in [4.78, 5) is 0. The Hall–Kier alpha value is 1.09. The van der Waals surface area contributed by atoms with Crippen LogP contribution < -0.4 is 5.50 Å². The summed E-state index contributed by atoms with van der Waals surface area (Å²) in [6, 6.07) is 0. The second kappa shape index (κ2) is 2.33. The van der Waals surface area contributed by atoms with Gasteiger partial charge < -0.3 is 0 Å². The van der Waals surface area contributed by atoms with Gasteiger partial charge in [-0.3, -0.25) is 5.50 Å². The third-order valence-electron chi connectivity index (χ3n) is 0. The van der Waals surface area contributed by atoms with Gasteiger partial charge in [-0.2, -0.15) is 0 Å². The van der Waals surface area contributed by atoms with Crippen LogP contribution in [-0.4, -0.2) is 0 Å². The highest BCUT2D eigenvalue weighted by Crippen LogP contribution is 2.34. The first kappa shape index (κ1) is 5.09. The third-order valence-corrected chi connectivity index (χ3v) is 0. The van der Waals surface area contributed by atoms with Crippen LogP contribution in [0, 0.1) is 0 Å². The van der Waals surface area contributed by atoms with Crippen LogP contribution in [0.25, 0.3) is 0 Å². The minimum Gasteiger partial charge on any atom is -0.293 e. The van der Waals surface area contributed by atoms with Crippen LogP contribution in [0.2, 0.25) is 0 Å². The number of hydrogen-bond donors (Lipinski definition) is 3. The Labute approximate surface area is 37.1 Å². The van der Waals surface area contributed by atoms with Crippen LogP contribution in [-0.2, 0) is 0 Å². The second-order valence-electron chi connectivity index (χ2n) is 0.320. The standard InChI is InChI=1S/H4NPS2/c1-2(3)4/h3-4H,1H2. The molecule has 4 heavy (non-hydrogen) atoms. The van der Waals surface area contributed by atoms with Gasteiger partial charge in [0.2, 0.25) is 0 Å². The van der Waals surface area contributed by atoms with Gasteiger partial charge >= 0.3 is 0 Å². The Morgan fingerprint density at radius 1 is 1.50 bits per heavy atom. The van der Waals surface area contributed by atoms with Crippen molar-refractivity contribution in [3.05, 3.63) is 0 Å². The zero-order valence-electron chi connectivity index (χ0n) is 1.92. The van der Waals surface area contributed by atoms with E-state index in [9.17, 15) is 0 Å². The van der Waals surface area contributed by atoms with E-state index in [2.05, 4.69) is 24.5 Å². The van der Waals surface area contributed by atoms with E-state index < -0.39 is 6.48 Å². The van der Waals surface area contributed by atoms with Gasteiger partial charge in [-0.05, 0) is 0 Å². The molecule has 1 nitrogen and oxygen atoms in total. The van der Waals surface area contributed by atoms with Gasteiger partial charge in [-0.1, -0.05) is 0 Å². The Morgan fingerprint density at radius 3 is 1.50 bits per heavy atom. The zero-order chi connectivity index (χ0) is 3.58.